The molecule has 0 aliphatic rings. The molecule has 0 radical (unpaired) electrons. The Hall–Kier alpha value is -3.29. The highest BCUT2D eigenvalue weighted by molar-refractivity contribution is 6.06. The van der Waals surface area contributed by atoms with Gasteiger partial charge in [0.05, 0.1) is 5.69 Å². The normalized spacial score (nSPS) is 11.5. The number of aliphatic hydroxyl groups excluding tert-OH is 1. The van der Waals surface area contributed by atoms with Crippen molar-refractivity contribution in [2.24, 2.45) is 0 Å². The fraction of sp³-hybridized carbons (Fsp3) is 0.0714. The predicted octanol–water partition coefficient (Wildman–Crippen LogP) is 1.23. The lowest BCUT2D eigenvalue weighted by molar-refractivity contribution is 0.103. The third-order valence-corrected chi connectivity index (χ3v) is 3.03. The van der Waals surface area contributed by atoms with Crippen LogP contribution in [0.25, 0.3) is 5.76 Å². The Morgan fingerprint density at radius 1 is 1.32 bits per heavy atom. The van der Waals surface area contributed by atoms with Gasteiger partial charge in [-0.25, -0.2) is 0 Å². The first-order valence-electron chi connectivity index (χ1n) is 6.47. The first-order chi connectivity index (χ1) is 10.7. The number of hydrogen-bond donors (Lipinski definition) is 2. The average Bonchev–Trinajstić information content (AvgIpc) is 3.19. The lowest BCUT2D eigenvalue weighted by Gasteiger charge is -2.07. The topological polar surface area (TPSA) is 110 Å². The Labute approximate surface area is 125 Å². The molecule has 0 amide bonds. The van der Waals surface area contributed by atoms with Crippen molar-refractivity contribution in [1.82, 2.24) is 30.2 Å². The number of rotatable bonds is 5. The molecule has 3 rings (SSSR count). The molecule has 0 fully saturated rings. The molecule has 0 unspecified atom stereocenters. The number of nitrogens with one attached hydrogen (secondary N) is 1. The summed E-state index contributed by atoms with van der Waals surface area (Å²) >= 11 is 0. The second-order valence-corrected chi connectivity index (χ2v) is 4.51. The van der Waals surface area contributed by atoms with Gasteiger partial charge in [-0.1, -0.05) is 0 Å². The summed E-state index contributed by atoms with van der Waals surface area (Å²) in [6.07, 6.45) is 6.26. The van der Waals surface area contributed by atoms with Crippen molar-refractivity contribution in [2.75, 3.05) is 0 Å². The summed E-state index contributed by atoms with van der Waals surface area (Å²) in [5, 5.41) is 22.6. The van der Waals surface area contributed by atoms with E-state index in [0.717, 1.165) is 11.6 Å². The number of aromatic amines is 1. The Morgan fingerprint density at radius 3 is 2.86 bits per heavy atom. The Morgan fingerprint density at radius 2 is 2.14 bits per heavy atom. The lowest BCUT2D eigenvalue weighted by Crippen LogP contribution is -2.08. The van der Waals surface area contributed by atoms with Crippen molar-refractivity contribution < 1.29 is 9.90 Å². The highest BCUT2D eigenvalue weighted by Gasteiger charge is 2.12. The summed E-state index contributed by atoms with van der Waals surface area (Å²) in [6.45, 7) is 0.535. The zero-order valence-corrected chi connectivity index (χ0v) is 11.4. The van der Waals surface area contributed by atoms with Crippen molar-refractivity contribution in [2.45, 2.75) is 6.54 Å². The van der Waals surface area contributed by atoms with Gasteiger partial charge in [0.2, 0.25) is 11.6 Å². The van der Waals surface area contributed by atoms with Crippen molar-refractivity contribution >= 4 is 11.5 Å². The molecule has 0 atom stereocenters. The molecule has 3 heterocycles. The molecule has 2 N–H and O–H groups in total. The molecule has 3 aromatic rings. The Bertz CT molecular complexity index is 792. The molecule has 8 nitrogen and oxygen atoms in total. The summed E-state index contributed by atoms with van der Waals surface area (Å²) < 4.78 is 1.79. The number of allylic oxidation sites excluding steroid dienone is 1. The average molecular weight is 296 g/mol. The maximum absolute atomic E-state index is 12.3. The predicted molar refractivity (Wildman–Crippen MR) is 76.9 cm³/mol. The number of carbonyl (C=O) groups is 1. The minimum atomic E-state index is -0.346. The van der Waals surface area contributed by atoms with E-state index in [9.17, 15) is 9.90 Å². The second-order valence-electron chi connectivity index (χ2n) is 4.51. The lowest BCUT2D eigenvalue weighted by atomic mass is 10.2. The number of aliphatic hydroxyl groups is 1. The summed E-state index contributed by atoms with van der Waals surface area (Å²) in [4.78, 5) is 16.2. The highest BCUT2D eigenvalue weighted by Crippen LogP contribution is 2.11. The van der Waals surface area contributed by atoms with Crippen LogP contribution in [0.15, 0.2) is 48.9 Å². The molecule has 8 heteroatoms. The van der Waals surface area contributed by atoms with E-state index >= 15 is 0 Å². The van der Waals surface area contributed by atoms with Crippen molar-refractivity contribution in [3.8, 4) is 0 Å². The van der Waals surface area contributed by atoms with Crippen LogP contribution in [0, 0.1) is 0 Å². The number of H-pyrrole nitrogens is 1. The molecule has 0 aliphatic heterocycles. The van der Waals surface area contributed by atoms with Gasteiger partial charge in [-0.05, 0) is 35.0 Å². The van der Waals surface area contributed by atoms with Crippen molar-refractivity contribution in [3.63, 3.8) is 0 Å². The number of tetrazole rings is 1. The highest BCUT2D eigenvalue weighted by atomic mass is 16.3. The van der Waals surface area contributed by atoms with E-state index in [-0.39, 0.29) is 17.4 Å². The van der Waals surface area contributed by atoms with Gasteiger partial charge in [0.1, 0.15) is 0 Å². The standard InChI is InChI=1S/C14H12N6O2/c21-12(8-13(22)14-16-18-19-17-14)11-2-1-7-20(11)9-10-3-5-15-6-4-10/h1-8,22H,9H2,(H,16,17,18,19). The van der Waals surface area contributed by atoms with Crippen LogP contribution in [0.4, 0.5) is 0 Å². The zero-order valence-electron chi connectivity index (χ0n) is 11.4. The number of aromatic nitrogens is 6. The van der Waals surface area contributed by atoms with Gasteiger partial charge in [-0.3, -0.25) is 9.78 Å². The number of hydrogen-bond acceptors (Lipinski definition) is 6. The summed E-state index contributed by atoms with van der Waals surface area (Å²) in [6, 6.07) is 7.21. The number of ketones is 1. The molecule has 0 aromatic carbocycles. The maximum atomic E-state index is 12.3. The molecule has 0 spiro atoms. The first kappa shape index (κ1) is 13.7. The molecule has 22 heavy (non-hydrogen) atoms. The van der Waals surface area contributed by atoms with E-state index in [1.807, 2.05) is 12.1 Å². The zero-order chi connectivity index (χ0) is 15.4. The number of pyridine rings is 1. The SMILES string of the molecule is O=C(C=C(O)c1nn[nH]n1)c1cccn1Cc1ccncc1. The van der Waals surface area contributed by atoms with Crippen LogP contribution in [0.5, 0.6) is 0 Å². The molecular weight excluding hydrogens is 284 g/mol. The molecule has 0 saturated heterocycles. The Balaban J connectivity index is 1.82. The number of carbonyl (C=O) groups excluding carboxylic acids is 1. The van der Waals surface area contributed by atoms with Crippen molar-refractivity contribution in [1.29, 1.82) is 0 Å². The van der Waals surface area contributed by atoms with E-state index < -0.39 is 0 Å². The maximum Gasteiger partial charge on any atom is 0.239 e. The van der Waals surface area contributed by atoms with Crippen LogP contribution in [0.1, 0.15) is 21.9 Å². The van der Waals surface area contributed by atoms with Gasteiger partial charge >= 0.3 is 0 Å². The molecule has 0 aliphatic carbocycles. The van der Waals surface area contributed by atoms with Gasteiger partial charge in [0.25, 0.3) is 0 Å². The largest absolute Gasteiger partial charge is 0.504 e. The molecule has 0 bridgehead atoms. The van der Waals surface area contributed by atoms with E-state index in [0.29, 0.717) is 12.2 Å². The van der Waals surface area contributed by atoms with Gasteiger partial charge in [0.15, 0.2) is 5.76 Å². The summed E-state index contributed by atoms with van der Waals surface area (Å²) in [5.74, 6) is -0.711. The minimum absolute atomic E-state index is 0.0272. The van der Waals surface area contributed by atoms with Crippen LogP contribution in [-0.4, -0.2) is 41.1 Å². The summed E-state index contributed by atoms with van der Waals surface area (Å²) in [7, 11) is 0. The van der Waals surface area contributed by atoms with E-state index in [4.69, 9.17) is 0 Å². The second kappa shape index (κ2) is 6.00. The minimum Gasteiger partial charge on any atom is -0.504 e. The molecule has 110 valence electrons. The van der Waals surface area contributed by atoms with Gasteiger partial charge in [-0.15, -0.1) is 10.2 Å². The van der Waals surface area contributed by atoms with Crippen LogP contribution in [-0.2, 0) is 6.54 Å². The smallest absolute Gasteiger partial charge is 0.239 e. The van der Waals surface area contributed by atoms with E-state index in [1.165, 1.54) is 0 Å². The molecule has 3 aromatic heterocycles. The van der Waals surface area contributed by atoms with Crippen LogP contribution in [0.2, 0.25) is 0 Å². The first-order valence-corrected chi connectivity index (χ1v) is 6.47. The third-order valence-electron chi connectivity index (χ3n) is 3.03. The van der Waals surface area contributed by atoms with Crippen LogP contribution >= 0.6 is 0 Å². The summed E-state index contributed by atoms with van der Waals surface area (Å²) in [5.41, 5.74) is 1.47. The van der Waals surface area contributed by atoms with E-state index in [2.05, 4.69) is 25.6 Å². The molecule has 0 saturated carbocycles. The Kier molecular flexibility index (Phi) is 3.73. The van der Waals surface area contributed by atoms with Crippen molar-refractivity contribution in [3.05, 3.63) is 66.0 Å². The fourth-order valence-electron chi connectivity index (χ4n) is 1.99. The van der Waals surface area contributed by atoms with Crippen LogP contribution in [0.3, 0.4) is 0 Å². The van der Waals surface area contributed by atoms with E-state index in [1.54, 1.807) is 35.3 Å². The monoisotopic (exact) mass is 296 g/mol. The fourth-order valence-corrected chi connectivity index (χ4v) is 1.99. The van der Waals surface area contributed by atoms with Gasteiger partial charge in [0, 0.05) is 31.2 Å². The quantitative estimate of drug-likeness (QED) is 0.416. The third kappa shape index (κ3) is 2.90. The number of nitrogens with zero attached hydrogens (tertiary/aromatic N) is 5. The van der Waals surface area contributed by atoms with Gasteiger partial charge in [-0.2, -0.15) is 5.21 Å². The van der Waals surface area contributed by atoms with Crippen LogP contribution < -0.4 is 0 Å². The molecular formula is C14H12N6O2. The van der Waals surface area contributed by atoms with Gasteiger partial charge < -0.3 is 9.67 Å².